The van der Waals surface area contributed by atoms with Gasteiger partial charge in [0.25, 0.3) is 5.91 Å². The Morgan fingerprint density at radius 2 is 1.96 bits per heavy atom. The number of fused-ring (bicyclic) bond motifs is 1. The molecular weight excluding hydrogens is 359 g/mol. The number of para-hydroxylation sites is 1. The van der Waals surface area contributed by atoms with E-state index in [-0.39, 0.29) is 24.3 Å². The van der Waals surface area contributed by atoms with Gasteiger partial charge in [0.15, 0.2) is 18.2 Å². The fourth-order valence-electron chi connectivity index (χ4n) is 3.99. The number of carbonyl (C=O) groups excluding carboxylic acids is 1. The summed E-state index contributed by atoms with van der Waals surface area (Å²) in [5, 5.41) is 3.00. The summed E-state index contributed by atoms with van der Waals surface area (Å²) in [4.78, 5) is 23.4. The molecule has 1 fully saturated rings. The van der Waals surface area contributed by atoms with Crippen LogP contribution in [0.3, 0.4) is 0 Å². The number of ether oxygens (including phenoxy) is 1. The van der Waals surface area contributed by atoms with Gasteiger partial charge in [0.2, 0.25) is 0 Å². The van der Waals surface area contributed by atoms with Gasteiger partial charge in [-0.25, -0.2) is 14.4 Å². The zero-order valence-corrected chi connectivity index (χ0v) is 15.9. The molecule has 1 aliphatic carbocycles. The molecule has 6 nitrogen and oxygen atoms in total. The van der Waals surface area contributed by atoms with E-state index in [1.165, 1.54) is 36.2 Å². The maximum atomic E-state index is 13.6. The predicted octanol–water partition coefficient (Wildman–Crippen LogP) is 2.66. The Labute approximate surface area is 164 Å². The van der Waals surface area contributed by atoms with Gasteiger partial charge in [-0.1, -0.05) is 12.1 Å². The van der Waals surface area contributed by atoms with E-state index in [9.17, 15) is 9.18 Å². The number of nitrogens with one attached hydrogen (secondary N) is 1. The van der Waals surface area contributed by atoms with Gasteiger partial charge >= 0.3 is 0 Å². The predicted molar refractivity (Wildman–Crippen MR) is 104 cm³/mol. The van der Waals surface area contributed by atoms with Crippen LogP contribution in [0.4, 0.5) is 10.2 Å². The number of benzene rings is 1. The van der Waals surface area contributed by atoms with Crippen LogP contribution in [0.5, 0.6) is 5.75 Å². The van der Waals surface area contributed by atoms with Crippen LogP contribution in [0.2, 0.25) is 0 Å². The van der Waals surface area contributed by atoms with Gasteiger partial charge in [0, 0.05) is 30.4 Å². The minimum atomic E-state index is -0.461. The van der Waals surface area contributed by atoms with Crippen molar-refractivity contribution in [1.82, 2.24) is 15.3 Å². The van der Waals surface area contributed by atoms with E-state index < -0.39 is 5.82 Å². The van der Waals surface area contributed by atoms with Crippen molar-refractivity contribution < 1.29 is 13.9 Å². The second-order valence-corrected chi connectivity index (χ2v) is 7.38. The first-order valence-corrected chi connectivity index (χ1v) is 9.95. The number of piperidine rings is 1. The maximum Gasteiger partial charge on any atom is 0.258 e. The van der Waals surface area contributed by atoms with E-state index in [4.69, 9.17) is 4.74 Å². The molecule has 1 N–H and O–H groups in total. The molecule has 0 unspecified atom stereocenters. The lowest BCUT2D eigenvalue weighted by Gasteiger charge is -2.35. The lowest BCUT2D eigenvalue weighted by Crippen LogP contribution is -2.46. The van der Waals surface area contributed by atoms with Crippen molar-refractivity contribution in [2.45, 2.75) is 44.6 Å². The number of halogens is 1. The highest BCUT2D eigenvalue weighted by Gasteiger charge is 2.25. The lowest BCUT2D eigenvalue weighted by molar-refractivity contribution is -0.124. The monoisotopic (exact) mass is 384 g/mol. The number of amides is 1. The Balaban J connectivity index is 1.28. The number of anilines is 1. The number of rotatable bonds is 5. The summed E-state index contributed by atoms with van der Waals surface area (Å²) in [6.07, 6.45) is 7.87. The number of nitrogens with zero attached hydrogens (tertiary/aromatic N) is 3. The zero-order valence-electron chi connectivity index (χ0n) is 15.9. The SMILES string of the molecule is O=C(COc1ccccc1F)NC1CCN(c2ncnc3c2CCCC3)CC1. The molecule has 1 amide bonds. The second-order valence-electron chi connectivity index (χ2n) is 7.38. The molecule has 0 saturated carbocycles. The van der Waals surface area contributed by atoms with Gasteiger partial charge in [-0.2, -0.15) is 0 Å². The highest BCUT2D eigenvalue weighted by Crippen LogP contribution is 2.28. The summed E-state index contributed by atoms with van der Waals surface area (Å²) in [6, 6.07) is 6.20. The molecule has 2 aliphatic rings. The number of hydrogen-bond acceptors (Lipinski definition) is 5. The third-order valence-corrected chi connectivity index (χ3v) is 5.46. The van der Waals surface area contributed by atoms with Crippen LogP contribution in [-0.2, 0) is 17.6 Å². The van der Waals surface area contributed by atoms with Crippen molar-refractivity contribution in [1.29, 1.82) is 0 Å². The first-order valence-electron chi connectivity index (χ1n) is 9.95. The fourth-order valence-corrected chi connectivity index (χ4v) is 3.99. The van der Waals surface area contributed by atoms with E-state index in [1.54, 1.807) is 18.5 Å². The quantitative estimate of drug-likeness (QED) is 0.859. The number of aromatic nitrogens is 2. The molecule has 148 valence electrons. The summed E-state index contributed by atoms with van der Waals surface area (Å²) < 4.78 is 18.8. The first kappa shape index (κ1) is 18.7. The van der Waals surface area contributed by atoms with E-state index in [0.29, 0.717) is 0 Å². The molecule has 0 bridgehead atoms. The molecule has 1 aromatic heterocycles. The van der Waals surface area contributed by atoms with Gasteiger partial charge in [0.1, 0.15) is 12.1 Å². The molecule has 28 heavy (non-hydrogen) atoms. The molecule has 2 heterocycles. The van der Waals surface area contributed by atoms with E-state index in [1.807, 2.05) is 0 Å². The Hall–Kier alpha value is -2.70. The van der Waals surface area contributed by atoms with Gasteiger partial charge in [0.05, 0.1) is 0 Å². The van der Waals surface area contributed by atoms with Gasteiger partial charge < -0.3 is 15.0 Å². The molecule has 0 atom stereocenters. The summed E-state index contributed by atoms with van der Waals surface area (Å²) in [5.74, 6) is 0.483. The number of carbonyl (C=O) groups is 1. The number of hydrogen-bond donors (Lipinski definition) is 1. The molecule has 7 heteroatoms. The third-order valence-electron chi connectivity index (χ3n) is 5.46. The number of aryl methyl sites for hydroxylation is 1. The normalized spacial score (nSPS) is 17.1. The lowest BCUT2D eigenvalue weighted by atomic mass is 9.95. The second kappa shape index (κ2) is 8.54. The van der Waals surface area contributed by atoms with Gasteiger partial charge in [-0.15, -0.1) is 0 Å². The minimum absolute atomic E-state index is 0.0982. The summed E-state index contributed by atoms with van der Waals surface area (Å²) in [6.45, 7) is 1.52. The summed E-state index contributed by atoms with van der Waals surface area (Å²) >= 11 is 0. The smallest absolute Gasteiger partial charge is 0.258 e. The largest absolute Gasteiger partial charge is 0.481 e. The Morgan fingerprint density at radius 1 is 1.18 bits per heavy atom. The molecular formula is C21H25FN4O2. The molecule has 1 aliphatic heterocycles. The van der Waals surface area contributed by atoms with Crippen LogP contribution in [0, 0.1) is 5.82 Å². The van der Waals surface area contributed by atoms with Crippen molar-refractivity contribution in [2.75, 3.05) is 24.6 Å². The highest BCUT2D eigenvalue weighted by molar-refractivity contribution is 5.77. The standard InChI is InChI=1S/C21H25FN4O2/c22-17-6-2-4-8-19(17)28-13-20(27)25-15-9-11-26(12-10-15)21-16-5-1-3-7-18(16)23-14-24-21/h2,4,6,8,14-15H,1,3,5,7,9-13H2,(H,25,27). The average Bonchev–Trinajstić information content (AvgIpc) is 2.73. The van der Waals surface area contributed by atoms with E-state index in [0.717, 1.165) is 44.6 Å². The van der Waals surface area contributed by atoms with E-state index in [2.05, 4.69) is 20.2 Å². The van der Waals surface area contributed by atoms with E-state index >= 15 is 0 Å². The minimum Gasteiger partial charge on any atom is -0.481 e. The average molecular weight is 384 g/mol. The maximum absolute atomic E-state index is 13.6. The first-order chi connectivity index (χ1) is 13.7. The Kier molecular flexibility index (Phi) is 5.69. The molecule has 2 aromatic rings. The topological polar surface area (TPSA) is 67.3 Å². The van der Waals surface area contributed by atoms with Crippen LogP contribution in [-0.4, -0.2) is 41.6 Å². The molecule has 4 rings (SSSR count). The van der Waals surface area contributed by atoms with Crippen molar-refractivity contribution in [2.24, 2.45) is 0 Å². The van der Waals surface area contributed by atoms with Crippen LogP contribution in [0.25, 0.3) is 0 Å². The van der Waals surface area contributed by atoms with Crippen molar-refractivity contribution in [3.63, 3.8) is 0 Å². The van der Waals surface area contributed by atoms with Gasteiger partial charge in [-0.05, 0) is 50.7 Å². The zero-order chi connectivity index (χ0) is 19.3. The Bertz CT molecular complexity index is 837. The van der Waals surface area contributed by atoms with Crippen LogP contribution >= 0.6 is 0 Å². The van der Waals surface area contributed by atoms with Crippen molar-refractivity contribution in [3.05, 3.63) is 47.7 Å². The molecule has 0 radical (unpaired) electrons. The van der Waals surface area contributed by atoms with Crippen LogP contribution < -0.4 is 15.0 Å². The third kappa shape index (κ3) is 4.24. The fraction of sp³-hybridized carbons (Fsp3) is 0.476. The Morgan fingerprint density at radius 3 is 2.79 bits per heavy atom. The van der Waals surface area contributed by atoms with Crippen LogP contribution in [0.15, 0.2) is 30.6 Å². The van der Waals surface area contributed by atoms with Crippen molar-refractivity contribution in [3.8, 4) is 5.75 Å². The van der Waals surface area contributed by atoms with Gasteiger partial charge in [-0.3, -0.25) is 4.79 Å². The van der Waals surface area contributed by atoms with Crippen LogP contribution in [0.1, 0.15) is 36.9 Å². The summed E-state index contributed by atoms with van der Waals surface area (Å²) in [5.41, 5.74) is 2.49. The molecule has 0 spiro atoms. The summed E-state index contributed by atoms with van der Waals surface area (Å²) in [7, 11) is 0. The van der Waals surface area contributed by atoms with Crippen molar-refractivity contribution >= 4 is 11.7 Å². The highest BCUT2D eigenvalue weighted by atomic mass is 19.1. The molecule has 1 aromatic carbocycles. The molecule has 1 saturated heterocycles.